The lowest BCUT2D eigenvalue weighted by Gasteiger charge is -2.34. The zero-order valence-electron chi connectivity index (χ0n) is 14.0. The highest BCUT2D eigenvalue weighted by Gasteiger charge is 2.24. The van der Waals surface area contributed by atoms with Gasteiger partial charge in [0.2, 0.25) is 0 Å². The van der Waals surface area contributed by atoms with Gasteiger partial charge >= 0.3 is 0 Å². The standard InChI is InChI=1S/C16H37N3/c1-6-11-16(5,14-17)15-19(9-4)13-10-12-18(7-2)8-3/h6-15,17H2,1-5H3. The van der Waals surface area contributed by atoms with Gasteiger partial charge in [0, 0.05) is 6.54 Å². The molecule has 0 spiro atoms. The highest BCUT2D eigenvalue weighted by Crippen LogP contribution is 2.23. The Balaban J connectivity index is 4.12. The van der Waals surface area contributed by atoms with Crippen molar-refractivity contribution in [2.24, 2.45) is 11.1 Å². The average molecular weight is 271 g/mol. The predicted molar refractivity (Wildman–Crippen MR) is 86.6 cm³/mol. The second-order valence-corrected chi connectivity index (χ2v) is 6.01. The SMILES string of the molecule is CCCC(C)(CN)CN(CC)CCCN(CC)CC. The molecule has 0 heterocycles. The van der Waals surface area contributed by atoms with Gasteiger partial charge in [-0.2, -0.15) is 0 Å². The molecule has 0 rings (SSSR count). The van der Waals surface area contributed by atoms with Crippen LogP contribution in [0.25, 0.3) is 0 Å². The molecule has 0 aliphatic carbocycles. The summed E-state index contributed by atoms with van der Waals surface area (Å²) in [6.07, 6.45) is 3.73. The molecule has 1 atom stereocenters. The first-order valence-corrected chi connectivity index (χ1v) is 8.19. The van der Waals surface area contributed by atoms with Crippen LogP contribution in [-0.4, -0.2) is 55.6 Å². The Morgan fingerprint density at radius 1 is 0.895 bits per heavy atom. The molecular formula is C16H37N3. The first kappa shape index (κ1) is 18.9. The van der Waals surface area contributed by atoms with Crippen LogP contribution in [0.2, 0.25) is 0 Å². The largest absolute Gasteiger partial charge is 0.330 e. The van der Waals surface area contributed by atoms with E-state index in [1.165, 1.54) is 45.4 Å². The monoisotopic (exact) mass is 271 g/mol. The van der Waals surface area contributed by atoms with E-state index in [4.69, 9.17) is 5.73 Å². The molecule has 1 unspecified atom stereocenters. The topological polar surface area (TPSA) is 32.5 Å². The first-order chi connectivity index (χ1) is 9.05. The fourth-order valence-electron chi connectivity index (χ4n) is 2.80. The molecule has 3 heteroatoms. The highest BCUT2D eigenvalue weighted by molar-refractivity contribution is 4.79. The van der Waals surface area contributed by atoms with E-state index in [0.29, 0.717) is 5.41 Å². The minimum absolute atomic E-state index is 0.292. The smallest absolute Gasteiger partial charge is 0.00473 e. The molecule has 0 aromatic heterocycles. The van der Waals surface area contributed by atoms with Crippen LogP contribution in [0.1, 0.15) is 53.9 Å². The molecule has 0 fully saturated rings. The maximum atomic E-state index is 5.98. The summed E-state index contributed by atoms with van der Waals surface area (Å²) in [6.45, 7) is 19.2. The Kier molecular flexibility index (Phi) is 10.6. The van der Waals surface area contributed by atoms with Crippen LogP contribution in [0.15, 0.2) is 0 Å². The Labute approximate surface area is 121 Å². The number of hydrogen-bond donors (Lipinski definition) is 1. The average Bonchev–Trinajstić information content (AvgIpc) is 2.42. The van der Waals surface area contributed by atoms with Gasteiger partial charge in [-0.3, -0.25) is 0 Å². The summed E-state index contributed by atoms with van der Waals surface area (Å²) in [6, 6.07) is 0. The van der Waals surface area contributed by atoms with Gasteiger partial charge < -0.3 is 15.5 Å². The van der Waals surface area contributed by atoms with Crippen LogP contribution in [0, 0.1) is 5.41 Å². The Bertz CT molecular complexity index is 204. The van der Waals surface area contributed by atoms with Crippen molar-refractivity contribution >= 4 is 0 Å². The van der Waals surface area contributed by atoms with E-state index in [2.05, 4.69) is 44.4 Å². The second-order valence-electron chi connectivity index (χ2n) is 6.01. The van der Waals surface area contributed by atoms with Crippen molar-refractivity contribution in [3.63, 3.8) is 0 Å². The maximum absolute atomic E-state index is 5.98. The van der Waals surface area contributed by atoms with Gasteiger partial charge in [0.1, 0.15) is 0 Å². The van der Waals surface area contributed by atoms with Crippen molar-refractivity contribution in [2.75, 3.05) is 45.8 Å². The zero-order valence-corrected chi connectivity index (χ0v) is 14.0. The third-order valence-electron chi connectivity index (χ3n) is 4.24. The molecule has 0 amide bonds. The van der Waals surface area contributed by atoms with Crippen molar-refractivity contribution in [1.29, 1.82) is 0 Å². The molecule has 0 aromatic rings. The lowest BCUT2D eigenvalue weighted by molar-refractivity contribution is 0.156. The van der Waals surface area contributed by atoms with Gasteiger partial charge in [-0.25, -0.2) is 0 Å². The third-order valence-corrected chi connectivity index (χ3v) is 4.24. The van der Waals surface area contributed by atoms with E-state index >= 15 is 0 Å². The fourth-order valence-corrected chi connectivity index (χ4v) is 2.80. The minimum Gasteiger partial charge on any atom is -0.330 e. The lowest BCUT2D eigenvalue weighted by atomic mass is 9.85. The van der Waals surface area contributed by atoms with Gasteiger partial charge in [-0.15, -0.1) is 0 Å². The molecule has 0 aliphatic heterocycles. The molecule has 0 aromatic carbocycles. The maximum Gasteiger partial charge on any atom is 0.00473 e. The summed E-state index contributed by atoms with van der Waals surface area (Å²) < 4.78 is 0. The Morgan fingerprint density at radius 3 is 1.84 bits per heavy atom. The fraction of sp³-hybridized carbons (Fsp3) is 1.00. The highest BCUT2D eigenvalue weighted by atomic mass is 15.1. The number of hydrogen-bond acceptors (Lipinski definition) is 3. The number of rotatable bonds is 12. The molecule has 0 radical (unpaired) electrons. The van der Waals surface area contributed by atoms with E-state index in [1.807, 2.05) is 0 Å². The molecule has 3 nitrogen and oxygen atoms in total. The van der Waals surface area contributed by atoms with E-state index in [1.54, 1.807) is 0 Å². The third kappa shape index (κ3) is 7.91. The van der Waals surface area contributed by atoms with Gasteiger partial charge in [0.25, 0.3) is 0 Å². The second kappa shape index (κ2) is 10.6. The molecule has 19 heavy (non-hydrogen) atoms. The van der Waals surface area contributed by atoms with Gasteiger partial charge in [-0.05, 0) is 57.5 Å². The zero-order chi connectivity index (χ0) is 14.7. The quantitative estimate of drug-likeness (QED) is 0.592. The first-order valence-electron chi connectivity index (χ1n) is 8.19. The normalized spacial score (nSPS) is 15.2. The van der Waals surface area contributed by atoms with Crippen LogP contribution < -0.4 is 5.73 Å². The van der Waals surface area contributed by atoms with Gasteiger partial charge in [0.15, 0.2) is 0 Å². The molecule has 0 bridgehead atoms. The summed E-state index contributed by atoms with van der Waals surface area (Å²) in [7, 11) is 0. The molecule has 116 valence electrons. The summed E-state index contributed by atoms with van der Waals surface area (Å²) in [5.74, 6) is 0. The van der Waals surface area contributed by atoms with Crippen molar-refractivity contribution in [2.45, 2.75) is 53.9 Å². The van der Waals surface area contributed by atoms with Gasteiger partial charge in [-0.1, -0.05) is 41.0 Å². The molecule has 2 N–H and O–H groups in total. The summed E-state index contributed by atoms with van der Waals surface area (Å²) in [4.78, 5) is 5.08. The number of nitrogens with two attached hydrogens (primary N) is 1. The molecule has 0 saturated carbocycles. The minimum atomic E-state index is 0.292. The summed E-state index contributed by atoms with van der Waals surface area (Å²) in [5.41, 5.74) is 6.27. The van der Waals surface area contributed by atoms with Gasteiger partial charge in [0.05, 0.1) is 0 Å². The Hall–Kier alpha value is -0.120. The summed E-state index contributed by atoms with van der Waals surface area (Å²) >= 11 is 0. The molecule has 0 aliphatic rings. The van der Waals surface area contributed by atoms with Crippen molar-refractivity contribution < 1.29 is 0 Å². The molecule has 0 saturated heterocycles. The molecular weight excluding hydrogens is 234 g/mol. The van der Waals surface area contributed by atoms with Crippen molar-refractivity contribution in [3.8, 4) is 0 Å². The van der Waals surface area contributed by atoms with Crippen LogP contribution in [-0.2, 0) is 0 Å². The Morgan fingerprint density at radius 2 is 1.42 bits per heavy atom. The van der Waals surface area contributed by atoms with Crippen molar-refractivity contribution in [3.05, 3.63) is 0 Å². The van der Waals surface area contributed by atoms with Crippen LogP contribution in [0.3, 0.4) is 0 Å². The van der Waals surface area contributed by atoms with E-state index in [9.17, 15) is 0 Å². The van der Waals surface area contributed by atoms with E-state index in [-0.39, 0.29) is 0 Å². The predicted octanol–water partition coefficient (Wildman–Crippen LogP) is 2.81. The van der Waals surface area contributed by atoms with Crippen molar-refractivity contribution in [1.82, 2.24) is 9.80 Å². The van der Waals surface area contributed by atoms with Crippen LogP contribution >= 0.6 is 0 Å². The van der Waals surface area contributed by atoms with E-state index in [0.717, 1.165) is 19.6 Å². The lowest BCUT2D eigenvalue weighted by Crippen LogP contribution is -2.41. The van der Waals surface area contributed by atoms with Crippen LogP contribution in [0.4, 0.5) is 0 Å². The number of nitrogens with zero attached hydrogens (tertiary/aromatic N) is 2. The van der Waals surface area contributed by atoms with Crippen LogP contribution in [0.5, 0.6) is 0 Å². The van der Waals surface area contributed by atoms with E-state index < -0.39 is 0 Å². The summed E-state index contributed by atoms with van der Waals surface area (Å²) in [5, 5.41) is 0.